The van der Waals surface area contributed by atoms with Crippen LogP contribution in [-0.2, 0) is 9.59 Å². The summed E-state index contributed by atoms with van der Waals surface area (Å²) in [6.45, 7) is -0.188. The third kappa shape index (κ3) is 3.76. The minimum absolute atomic E-state index is 0.0918. The number of anilines is 2. The van der Waals surface area contributed by atoms with E-state index in [9.17, 15) is 9.59 Å². The smallest absolute Gasteiger partial charge is 0.265 e. The number of hydrogen-bond acceptors (Lipinski definition) is 3. The van der Waals surface area contributed by atoms with Crippen LogP contribution >= 0.6 is 34.2 Å². The number of amides is 2. The van der Waals surface area contributed by atoms with Gasteiger partial charge in [-0.2, -0.15) is 0 Å². The Balaban J connectivity index is 1.76. The number of benzene rings is 2. The topological polar surface area (TPSA) is 58.6 Å². The van der Waals surface area contributed by atoms with E-state index in [1.165, 1.54) is 4.90 Å². The second-order valence-electron chi connectivity index (χ2n) is 4.94. The number of nitrogens with one attached hydrogen (secondary N) is 1. The molecule has 0 unspecified atom stereocenters. The van der Waals surface area contributed by atoms with Crippen LogP contribution in [0.2, 0.25) is 5.02 Å². The maximum atomic E-state index is 12.2. The first-order chi connectivity index (χ1) is 11.0. The summed E-state index contributed by atoms with van der Waals surface area (Å²) >= 11 is 8.16. The van der Waals surface area contributed by atoms with Crippen molar-refractivity contribution in [3.8, 4) is 5.75 Å². The highest BCUT2D eigenvalue weighted by molar-refractivity contribution is 14.1. The number of fused-ring (bicyclic) bond motifs is 1. The molecule has 0 saturated carbocycles. The highest BCUT2D eigenvalue weighted by Crippen LogP contribution is 2.34. The first kappa shape index (κ1) is 16.1. The number of carbonyl (C=O) groups is 2. The molecule has 2 aromatic rings. The van der Waals surface area contributed by atoms with Crippen molar-refractivity contribution < 1.29 is 14.3 Å². The molecule has 1 aliphatic heterocycles. The number of carbonyl (C=O) groups excluding carboxylic acids is 2. The summed E-state index contributed by atoms with van der Waals surface area (Å²) in [4.78, 5) is 25.7. The molecule has 0 aromatic heterocycles. The summed E-state index contributed by atoms with van der Waals surface area (Å²) < 4.78 is 6.43. The molecule has 118 valence electrons. The number of rotatable bonds is 3. The zero-order valence-corrected chi connectivity index (χ0v) is 14.8. The second-order valence-corrected chi connectivity index (χ2v) is 6.62. The molecule has 1 aliphatic rings. The fourth-order valence-corrected chi connectivity index (χ4v) is 2.75. The van der Waals surface area contributed by atoms with Gasteiger partial charge in [-0.15, -0.1) is 0 Å². The van der Waals surface area contributed by atoms with Crippen LogP contribution in [0.5, 0.6) is 5.75 Å². The predicted molar refractivity (Wildman–Crippen MR) is 97.1 cm³/mol. The van der Waals surface area contributed by atoms with E-state index < -0.39 is 0 Å². The summed E-state index contributed by atoms with van der Waals surface area (Å²) in [5.41, 5.74) is 1.19. The lowest BCUT2D eigenvalue weighted by Gasteiger charge is -2.29. The molecule has 2 amide bonds. The van der Waals surface area contributed by atoms with Crippen molar-refractivity contribution in [1.82, 2.24) is 0 Å². The Morgan fingerprint density at radius 2 is 2.00 bits per heavy atom. The molecular weight excluding hydrogens is 431 g/mol. The Hall–Kier alpha value is -1.80. The van der Waals surface area contributed by atoms with Crippen LogP contribution < -0.4 is 15.0 Å². The van der Waals surface area contributed by atoms with E-state index in [1.54, 1.807) is 18.2 Å². The van der Waals surface area contributed by atoms with Crippen LogP contribution in [0.15, 0.2) is 42.5 Å². The molecule has 0 saturated heterocycles. The normalized spacial score (nSPS) is 13.3. The number of nitrogens with zero attached hydrogens (tertiary/aromatic N) is 1. The summed E-state index contributed by atoms with van der Waals surface area (Å²) in [7, 11) is 0. The van der Waals surface area contributed by atoms with Crippen LogP contribution in [0.25, 0.3) is 0 Å². The van der Waals surface area contributed by atoms with Gasteiger partial charge in [-0.25, -0.2) is 0 Å². The summed E-state index contributed by atoms with van der Waals surface area (Å²) in [5.74, 6) is -0.0269. The van der Waals surface area contributed by atoms with E-state index in [0.29, 0.717) is 22.1 Å². The number of hydrogen-bond donors (Lipinski definition) is 1. The summed E-state index contributed by atoms with van der Waals surface area (Å²) in [6.07, 6.45) is 0. The van der Waals surface area contributed by atoms with Crippen LogP contribution in [-0.4, -0.2) is 25.0 Å². The Kier molecular flexibility index (Phi) is 4.72. The molecule has 2 aromatic carbocycles. The van der Waals surface area contributed by atoms with Gasteiger partial charge < -0.3 is 10.1 Å². The maximum Gasteiger partial charge on any atom is 0.265 e. The lowest BCUT2D eigenvalue weighted by atomic mass is 10.2. The molecule has 23 heavy (non-hydrogen) atoms. The standard InChI is InChI=1S/C16H12ClIN2O3/c17-10-1-6-14-13(7-10)20(16(22)9-23-14)8-15(21)19-12-4-2-11(18)3-5-12/h1-7H,8-9H2,(H,19,21). The molecule has 0 spiro atoms. The van der Waals surface area contributed by atoms with Gasteiger partial charge in [0.2, 0.25) is 5.91 Å². The Morgan fingerprint density at radius 3 is 2.74 bits per heavy atom. The van der Waals surface area contributed by atoms with E-state index in [-0.39, 0.29) is 25.0 Å². The van der Waals surface area contributed by atoms with E-state index >= 15 is 0 Å². The molecule has 0 atom stereocenters. The highest BCUT2D eigenvalue weighted by atomic mass is 127. The lowest BCUT2D eigenvalue weighted by molar-refractivity contribution is -0.123. The molecule has 0 fully saturated rings. The molecule has 5 nitrogen and oxygen atoms in total. The Morgan fingerprint density at radius 1 is 1.26 bits per heavy atom. The van der Waals surface area contributed by atoms with Crippen molar-refractivity contribution in [2.75, 3.05) is 23.4 Å². The van der Waals surface area contributed by atoms with Gasteiger partial charge in [0.25, 0.3) is 5.91 Å². The molecule has 0 aliphatic carbocycles. The summed E-state index contributed by atoms with van der Waals surface area (Å²) in [5, 5.41) is 3.25. The van der Waals surface area contributed by atoms with Gasteiger partial charge in [0, 0.05) is 14.3 Å². The Labute approximate surface area is 151 Å². The van der Waals surface area contributed by atoms with Gasteiger partial charge >= 0.3 is 0 Å². The van der Waals surface area contributed by atoms with E-state index in [0.717, 1.165) is 3.57 Å². The van der Waals surface area contributed by atoms with Gasteiger partial charge in [0.05, 0.1) is 5.69 Å². The molecule has 0 radical (unpaired) electrons. The molecular formula is C16H12ClIN2O3. The first-order valence-corrected chi connectivity index (χ1v) is 8.27. The predicted octanol–water partition coefficient (Wildman–Crippen LogP) is 3.31. The van der Waals surface area contributed by atoms with Gasteiger partial charge in [-0.05, 0) is 65.1 Å². The average molecular weight is 443 g/mol. The zero-order chi connectivity index (χ0) is 16.4. The maximum absolute atomic E-state index is 12.2. The van der Waals surface area contributed by atoms with Crippen molar-refractivity contribution in [2.45, 2.75) is 0 Å². The van der Waals surface area contributed by atoms with Crippen molar-refractivity contribution in [1.29, 1.82) is 0 Å². The fourth-order valence-electron chi connectivity index (χ4n) is 2.23. The highest BCUT2D eigenvalue weighted by Gasteiger charge is 2.27. The monoisotopic (exact) mass is 442 g/mol. The third-order valence-corrected chi connectivity index (χ3v) is 4.25. The average Bonchev–Trinajstić information content (AvgIpc) is 2.52. The first-order valence-electron chi connectivity index (χ1n) is 6.81. The third-order valence-electron chi connectivity index (χ3n) is 3.29. The molecule has 1 heterocycles. The van der Waals surface area contributed by atoms with E-state index in [1.807, 2.05) is 24.3 Å². The number of ether oxygens (including phenoxy) is 1. The van der Waals surface area contributed by atoms with Gasteiger partial charge in [0.15, 0.2) is 6.61 Å². The van der Waals surface area contributed by atoms with Crippen LogP contribution in [0, 0.1) is 3.57 Å². The minimum Gasteiger partial charge on any atom is -0.482 e. The van der Waals surface area contributed by atoms with Crippen molar-refractivity contribution >= 4 is 57.4 Å². The van der Waals surface area contributed by atoms with Crippen LogP contribution in [0.4, 0.5) is 11.4 Å². The quantitative estimate of drug-likeness (QED) is 0.742. The van der Waals surface area contributed by atoms with E-state index in [4.69, 9.17) is 16.3 Å². The van der Waals surface area contributed by atoms with Crippen molar-refractivity contribution in [3.63, 3.8) is 0 Å². The lowest BCUT2D eigenvalue weighted by Crippen LogP contribution is -2.43. The van der Waals surface area contributed by atoms with Crippen LogP contribution in [0.3, 0.4) is 0 Å². The largest absolute Gasteiger partial charge is 0.482 e. The molecule has 0 bridgehead atoms. The van der Waals surface area contributed by atoms with Gasteiger partial charge in [-0.1, -0.05) is 11.6 Å². The second kappa shape index (κ2) is 6.76. The van der Waals surface area contributed by atoms with Gasteiger partial charge in [-0.3, -0.25) is 14.5 Å². The minimum atomic E-state index is -0.285. The fraction of sp³-hybridized carbons (Fsp3) is 0.125. The molecule has 1 N–H and O–H groups in total. The zero-order valence-electron chi connectivity index (χ0n) is 11.9. The molecule has 3 rings (SSSR count). The van der Waals surface area contributed by atoms with Crippen molar-refractivity contribution in [2.24, 2.45) is 0 Å². The summed E-state index contributed by atoms with van der Waals surface area (Å²) in [6, 6.07) is 12.4. The number of halogens is 2. The Bertz CT molecular complexity index is 764. The molecule has 7 heteroatoms. The van der Waals surface area contributed by atoms with Crippen LogP contribution in [0.1, 0.15) is 0 Å². The van der Waals surface area contributed by atoms with Gasteiger partial charge in [0.1, 0.15) is 12.3 Å². The van der Waals surface area contributed by atoms with Crippen molar-refractivity contribution in [3.05, 3.63) is 51.1 Å². The van der Waals surface area contributed by atoms with E-state index in [2.05, 4.69) is 27.9 Å². The SMILES string of the molecule is O=C(CN1C(=O)COc2ccc(Cl)cc21)Nc1ccc(I)cc1.